The summed E-state index contributed by atoms with van der Waals surface area (Å²) in [5.74, 6) is -0.722. The van der Waals surface area contributed by atoms with E-state index in [0.29, 0.717) is 17.5 Å². The summed E-state index contributed by atoms with van der Waals surface area (Å²) in [7, 11) is 0. The summed E-state index contributed by atoms with van der Waals surface area (Å²) in [5.41, 5.74) is -0.0369. The van der Waals surface area contributed by atoms with Gasteiger partial charge in [-0.3, -0.25) is 24.7 Å². The van der Waals surface area contributed by atoms with Crippen molar-refractivity contribution in [1.82, 2.24) is 10.3 Å². The second kappa shape index (κ2) is 7.73. The van der Waals surface area contributed by atoms with Gasteiger partial charge in [0, 0.05) is 25.4 Å². The van der Waals surface area contributed by atoms with Gasteiger partial charge in [-0.25, -0.2) is 0 Å². The van der Waals surface area contributed by atoms with Crippen molar-refractivity contribution in [2.24, 2.45) is 0 Å². The minimum atomic E-state index is -0.748. The Bertz CT molecular complexity index is 838. The number of benzene rings is 1. The average Bonchev–Trinajstić information content (AvgIpc) is 2.61. The Morgan fingerprint density at radius 2 is 2.04 bits per heavy atom. The van der Waals surface area contributed by atoms with Crippen LogP contribution in [-0.4, -0.2) is 21.7 Å². The van der Waals surface area contributed by atoms with E-state index in [2.05, 4.69) is 15.6 Å². The molecule has 0 aliphatic rings. The molecule has 1 aromatic carbocycles. The summed E-state index contributed by atoms with van der Waals surface area (Å²) in [6.07, 6.45) is 3.45. The monoisotopic (exact) mass is 356 g/mol. The Labute approximate surface area is 150 Å². The number of hydrogen-bond donors (Lipinski definition) is 2. The predicted octanol–water partition coefficient (Wildman–Crippen LogP) is 3.00. The summed E-state index contributed by atoms with van der Waals surface area (Å²) in [4.78, 5) is 38.5. The third-order valence-corrected chi connectivity index (χ3v) is 4.16. The Morgan fingerprint density at radius 3 is 2.58 bits per heavy atom. The van der Waals surface area contributed by atoms with E-state index >= 15 is 0 Å². The lowest BCUT2D eigenvalue weighted by Gasteiger charge is -2.29. The molecule has 0 radical (unpaired) electrons. The Kier molecular flexibility index (Phi) is 5.66. The zero-order valence-electron chi connectivity index (χ0n) is 14.8. The van der Waals surface area contributed by atoms with Crippen LogP contribution in [0.2, 0.25) is 0 Å². The van der Waals surface area contributed by atoms with Gasteiger partial charge in [0.25, 0.3) is 11.6 Å². The number of aromatic nitrogens is 1. The van der Waals surface area contributed by atoms with Crippen molar-refractivity contribution in [2.45, 2.75) is 32.7 Å². The number of pyridine rings is 1. The lowest BCUT2D eigenvalue weighted by molar-refractivity contribution is -0.384. The fourth-order valence-electron chi connectivity index (χ4n) is 2.58. The van der Waals surface area contributed by atoms with Gasteiger partial charge in [0.15, 0.2) is 0 Å². The number of nitrogens with zero attached hydrogens (tertiary/aromatic N) is 2. The molecule has 0 spiro atoms. The molecule has 8 heteroatoms. The SMILES string of the molecule is CCC(C)(NC(C)=O)c1ccc(NC(=O)c2cccnc2)c([N+](=O)[O-])c1. The van der Waals surface area contributed by atoms with E-state index in [1.54, 1.807) is 25.1 Å². The number of carbonyl (C=O) groups excluding carboxylic acids is 2. The lowest BCUT2D eigenvalue weighted by atomic mass is 9.88. The third kappa shape index (κ3) is 4.21. The van der Waals surface area contributed by atoms with Gasteiger partial charge in [0.2, 0.25) is 5.91 Å². The van der Waals surface area contributed by atoms with Crippen molar-refractivity contribution in [2.75, 3.05) is 5.32 Å². The molecule has 1 aromatic heterocycles. The van der Waals surface area contributed by atoms with E-state index in [0.717, 1.165) is 0 Å². The van der Waals surface area contributed by atoms with Crippen LogP contribution in [0.25, 0.3) is 0 Å². The molecule has 0 aliphatic heterocycles. The Morgan fingerprint density at radius 1 is 1.31 bits per heavy atom. The van der Waals surface area contributed by atoms with Gasteiger partial charge in [-0.15, -0.1) is 0 Å². The predicted molar refractivity (Wildman–Crippen MR) is 96.7 cm³/mol. The highest BCUT2D eigenvalue weighted by molar-refractivity contribution is 6.05. The van der Waals surface area contributed by atoms with Crippen LogP contribution in [0.15, 0.2) is 42.7 Å². The molecule has 2 rings (SSSR count). The van der Waals surface area contributed by atoms with E-state index in [1.807, 2.05) is 6.92 Å². The highest BCUT2D eigenvalue weighted by Gasteiger charge is 2.28. The minimum absolute atomic E-state index is 0.0777. The molecule has 2 N–H and O–H groups in total. The maximum absolute atomic E-state index is 12.2. The van der Waals surface area contributed by atoms with Gasteiger partial charge in [-0.05, 0) is 37.1 Å². The first kappa shape index (κ1) is 19.0. The molecule has 136 valence electrons. The zero-order valence-corrected chi connectivity index (χ0v) is 14.8. The number of anilines is 1. The van der Waals surface area contributed by atoms with Crippen LogP contribution < -0.4 is 10.6 Å². The van der Waals surface area contributed by atoms with E-state index in [9.17, 15) is 19.7 Å². The molecule has 1 heterocycles. The fraction of sp³-hybridized carbons (Fsp3) is 0.278. The summed E-state index contributed by atoms with van der Waals surface area (Å²) >= 11 is 0. The van der Waals surface area contributed by atoms with Gasteiger partial charge < -0.3 is 10.6 Å². The first-order valence-electron chi connectivity index (χ1n) is 8.06. The van der Waals surface area contributed by atoms with E-state index in [-0.39, 0.29) is 17.3 Å². The smallest absolute Gasteiger partial charge is 0.293 e. The van der Waals surface area contributed by atoms with Crippen LogP contribution in [0.5, 0.6) is 0 Å². The quantitative estimate of drug-likeness (QED) is 0.610. The third-order valence-electron chi connectivity index (χ3n) is 4.16. The number of nitro benzene ring substituents is 1. The molecule has 26 heavy (non-hydrogen) atoms. The fourth-order valence-corrected chi connectivity index (χ4v) is 2.58. The highest BCUT2D eigenvalue weighted by atomic mass is 16.6. The van der Waals surface area contributed by atoms with Crippen molar-refractivity contribution in [3.63, 3.8) is 0 Å². The van der Waals surface area contributed by atoms with Gasteiger partial charge >= 0.3 is 0 Å². The van der Waals surface area contributed by atoms with E-state index in [1.165, 1.54) is 31.5 Å². The van der Waals surface area contributed by atoms with Crippen molar-refractivity contribution < 1.29 is 14.5 Å². The first-order chi connectivity index (χ1) is 12.3. The van der Waals surface area contributed by atoms with Gasteiger partial charge in [-0.2, -0.15) is 0 Å². The van der Waals surface area contributed by atoms with E-state index < -0.39 is 16.4 Å². The number of amides is 2. The molecule has 0 bridgehead atoms. The van der Waals surface area contributed by atoms with Crippen LogP contribution in [0.3, 0.4) is 0 Å². The van der Waals surface area contributed by atoms with Crippen LogP contribution in [-0.2, 0) is 10.3 Å². The first-order valence-corrected chi connectivity index (χ1v) is 8.06. The number of hydrogen-bond acceptors (Lipinski definition) is 5. The zero-order chi connectivity index (χ0) is 19.3. The molecule has 0 saturated carbocycles. The number of rotatable bonds is 6. The van der Waals surface area contributed by atoms with E-state index in [4.69, 9.17) is 0 Å². The number of carbonyl (C=O) groups is 2. The molecule has 8 nitrogen and oxygen atoms in total. The van der Waals surface area contributed by atoms with Crippen molar-refractivity contribution in [3.05, 3.63) is 64.0 Å². The summed E-state index contributed by atoms with van der Waals surface area (Å²) in [6.45, 7) is 5.06. The molecule has 1 unspecified atom stereocenters. The molecule has 2 aromatic rings. The summed E-state index contributed by atoms with van der Waals surface area (Å²) in [5, 5.41) is 16.8. The van der Waals surface area contributed by atoms with Crippen LogP contribution in [0.1, 0.15) is 43.1 Å². The normalized spacial score (nSPS) is 12.7. The molecule has 1 atom stereocenters. The Hall–Kier alpha value is -3.29. The minimum Gasteiger partial charge on any atom is -0.347 e. The molecular weight excluding hydrogens is 336 g/mol. The highest BCUT2D eigenvalue weighted by Crippen LogP contribution is 2.32. The van der Waals surface area contributed by atoms with Crippen molar-refractivity contribution >= 4 is 23.2 Å². The maximum atomic E-state index is 12.2. The van der Waals surface area contributed by atoms with Crippen LogP contribution in [0, 0.1) is 10.1 Å². The van der Waals surface area contributed by atoms with Crippen molar-refractivity contribution in [3.8, 4) is 0 Å². The Balaban J connectivity index is 2.39. The largest absolute Gasteiger partial charge is 0.347 e. The number of nitro groups is 1. The lowest BCUT2D eigenvalue weighted by Crippen LogP contribution is -2.41. The summed E-state index contributed by atoms with van der Waals surface area (Å²) in [6, 6.07) is 7.67. The maximum Gasteiger partial charge on any atom is 0.293 e. The van der Waals surface area contributed by atoms with Crippen LogP contribution in [0.4, 0.5) is 11.4 Å². The van der Waals surface area contributed by atoms with Gasteiger partial charge in [0.1, 0.15) is 5.69 Å². The van der Waals surface area contributed by atoms with Gasteiger partial charge in [-0.1, -0.05) is 13.0 Å². The topological polar surface area (TPSA) is 114 Å². The standard InChI is InChI=1S/C18H20N4O4/c1-4-18(3,21-12(2)23)14-7-8-15(16(10-14)22(25)26)20-17(24)13-6-5-9-19-11-13/h5-11H,4H2,1-3H3,(H,20,24)(H,21,23). The van der Waals surface area contributed by atoms with Gasteiger partial charge in [0.05, 0.1) is 16.0 Å². The average molecular weight is 356 g/mol. The molecule has 0 saturated heterocycles. The molecule has 2 amide bonds. The van der Waals surface area contributed by atoms with Crippen LogP contribution >= 0.6 is 0 Å². The number of nitrogens with one attached hydrogen (secondary N) is 2. The summed E-state index contributed by atoms with van der Waals surface area (Å²) < 4.78 is 0. The molecule has 0 fully saturated rings. The second-order valence-electron chi connectivity index (χ2n) is 6.05. The van der Waals surface area contributed by atoms with Crippen molar-refractivity contribution in [1.29, 1.82) is 0 Å². The molecular formula is C18H20N4O4. The molecule has 0 aliphatic carbocycles. The second-order valence-corrected chi connectivity index (χ2v) is 6.05.